The van der Waals surface area contributed by atoms with Gasteiger partial charge in [-0.05, 0) is 11.6 Å². The highest BCUT2D eigenvalue weighted by Crippen LogP contribution is 2.31. The third kappa shape index (κ3) is 2.45. The van der Waals surface area contributed by atoms with Gasteiger partial charge in [0.2, 0.25) is 0 Å². The van der Waals surface area contributed by atoms with Crippen LogP contribution in [0.5, 0.6) is 0 Å². The van der Waals surface area contributed by atoms with Gasteiger partial charge in [0.25, 0.3) is 0 Å². The third-order valence-corrected chi connectivity index (χ3v) is 1.56. The molecule has 1 aromatic rings. The molecule has 0 saturated heterocycles. The quantitative estimate of drug-likeness (QED) is 0.693. The molecule has 1 nitrogen and oxygen atoms in total. The monoisotopic (exact) mass is 188 g/mol. The van der Waals surface area contributed by atoms with Crippen molar-refractivity contribution in [2.24, 2.45) is 0 Å². The van der Waals surface area contributed by atoms with E-state index in [2.05, 4.69) is 4.74 Å². The molecule has 0 aromatic heterocycles. The lowest BCUT2D eigenvalue weighted by Crippen LogP contribution is -2.09. The van der Waals surface area contributed by atoms with E-state index in [-0.39, 0.29) is 12.2 Å². The van der Waals surface area contributed by atoms with Crippen LogP contribution >= 0.6 is 0 Å². The molecule has 0 bridgehead atoms. The molecule has 0 aliphatic heterocycles. The van der Waals surface area contributed by atoms with Gasteiger partial charge in [0, 0.05) is 0 Å². The Labute approximate surface area is 74.1 Å². The van der Waals surface area contributed by atoms with Crippen LogP contribution in [0.15, 0.2) is 24.3 Å². The fourth-order valence-electron chi connectivity index (χ4n) is 1.01. The molecule has 0 heterocycles. The molecule has 0 spiro atoms. The minimum absolute atomic E-state index is 0.0394. The van der Waals surface area contributed by atoms with E-state index in [9.17, 15) is 13.2 Å². The minimum Gasteiger partial charge on any atom is -0.368 e. The number of halogens is 3. The maximum absolute atomic E-state index is 12.3. The van der Waals surface area contributed by atoms with Crippen LogP contribution < -0.4 is 0 Å². The van der Waals surface area contributed by atoms with Crippen LogP contribution in [0, 0.1) is 7.11 Å². The molecule has 0 N–H and O–H groups in total. The fraction of sp³-hybridized carbons (Fsp3) is 0.222. The Morgan fingerprint density at radius 1 is 1.23 bits per heavy atom. The molecule has 0 aliphatic rings. The summed E-state index contributed by atoms with van der Waals surface area (Å²) in [4.78, 5) is 0. The lowest BCUT2D eigenvalue weighted by atomic mass is 10.1. The molecular formula is C9H7F3O. The smallest absolute Gasteiger partial charge is 0.368 e. The average Bonchev–Trinajstić information content (AvgIpc) is 2.04. The molecule has 0 atom stereocenters. The highest BCUT2D eigenvalue weighted by molar-refractivity contribution is 5.28. The predicted molar refractivity (Wildman–Crippen MR) is 40.5 cm³/mol. The van der Waals surface area contributed by atoms with Gasteiger partial charge >= 0.3 is 6.18 Å². The van der Waals surface area contributed by atoms with E-state index in [1.54, 1.807) is 0 Å². The van der Waals surface area contributed by atoms with Crippen LogP contribution in [-0.2, 0) is 17.5 Å². The molecule has 0 aliphatic carbocycles. The lowest BCUT2D eigenvalue weighted by Gasteiger charge is -2.11. The Morgan fingerprint density at radius 2 is 1.85 bits per heavy atom. The Balaban J connectivity index is 3.05. The van der Waals surface area contributed by atoms with Crippen molar-refractivity contribution in [3.8, 4) is 0 Å². The van der Waals surface area contributed by atoms with Gasteiger partial charge in [-0.1, -0.05) is 18.2 Å². The highest BCUT2D eigenvalue weighted by atomic mass is 19.4. The Kier molecular flexibility index (Phi) is 2.93. The second-order valence-corrected chi connectivity index (χ2v) is 2.47. The molecule has 4 heteroatoms. The normalized spacial score (nSPS) is 11.7. The number of hydrogen-bond acceptors (Lipinski definition) is 1. The summed E-state index contributed by atoms with van der Waals surface area (Å²) < 4.78 is 41.0. The van der Waals surface area contributed by atoms with Crippen molar-refractivity contribution in [3.05, 3.63) is 42.5 Å². The summed E-state index contributed by atoms with van der Waals surface area (Å²) in [7, 11) is 4.71. The standard InChI is InChI=1S/C9H7F3O/c1-13-6-7-4-2-3-5-8(7)9(10,11)12/h1-5H,6H2. The molecule has 0 amide bonds. The molecule has 0 saturated carbocycles. The zero-order chi connectivity index (χ0) is 9.90. The van der Waals surface area contributed by atoms with E-state index in [4.69, 9.17) is 7.11 Å². The number of alkyl halides is 3. The summed E-state index contributed by atoms with van der Waals surface area (Å²) in [5, 5.41) is 0. The average molecular weight is 188 g/mol. The van der Waals surface area contributed by atoms with Crippen molar-refractivity contribution < 1.29 is 17.9 Å². The molecule has 0 unspecified atom stereocenters. The molecule has 0 fully saturated rings. The van der Waals surface area contributed by atoms with Crippen LogP contribution in [0.3, 0.4) is 0 Å². The molecule has 2 radical (unpaired) electrons. The summed E-state index contributed by atoms with van der Waals surface area (Å²) in [6, 6.07) is 5.15. The highest BCUT2D eigenvalue weighted by Gasteiger charge is 2.32. The first-order valence-corrected chi connectivity index (χ1v) is 3.52. The van der Waals surface area contributed by atoms with E-state index >= 15 is 0 Å². The van der Waals surface area contributed by atoms with Gasteiger partial charge in [0.1, 0.15) is 7.11 Å². The summed E-state index contributed by atoms with van der Waals surface area (Å²) in [6.07, 6.45) is -4.35. The van der Waals surface area contributed by atoms with E-state index < -0.39 is 11.7 Å². The summed E-state index contributed by atoms with van der Waals surface area (Å²) in [6.45, 7) is -0.240. The second kappa shape index (κ2) is 3.79. The minimum atomic E-state index is -4.35. The number of benzene rings is 1. The lowest BCUT2D eigenvalue weighted by molar-refractivity contribution is -0.138. The third-order valence-electron chi connectivity index (χ3n) is 1.56. The van der Waals surface area contributed by atoms with Gasteiger partial charge in [-0.15, -0.1) is 0 Å². The summed E-state index contributed by atoms with van der Waals surface area (Å²) >= 11 is 0. The SMILES string of the molecule is [CH]OCc1ccccc1C(F)(F)F. The van der Waals surface area contributed by atoms with Gasteiger partial charge < -0.3 is 4.74 Å². The summed E-state index contributed by atoms with van der Waals surface area (Å²) in [5.41, 5.74) is -0.669. The van der Waals surface area contributed by atoms with Crippen LogP contribution in [0.1, 0.15) is 11.1 Å². The number of hydrogen-bond donors (Lipinski definition) is 0. The van der Waals surface area contributed by atoms with Crippen molar-refractivity contribution >= 4 is 0 Å². The van der Waals surface area contributed by atoms with E-state index in [0.717, 1.165) is 6.07 Å². The Hall–Kier alpha value is -1.03. The summed E-state index contributed by atoms with van der Waals surface area (Å²) in [5.74, 6) is 0. The largest absolute Gasteiger partial charge is 0.416 e. The Morgan fingerprint density at radius 3 is 2.38 bits per heavy atom. The maximum atomic E-state index is 12.3. The number of ether oxygens (including phenoxy) is 1. The van der Waals surface area contributed by atoms with Crippen molar-refractivity contribution in [1.29, 1.82) is 0 Å². The first-order chi connectivity index (χ1) is 6.05. The van der Waals surface area contributed by atoms with Crippen molar-refractivity contribution in [2.45, 2.75) is 12.8 Å². The zero-order valence-corrected chi connectivity index (χ0v) is 6.64. The van der Waals surface area contributed by atoms with E-state index in [0.29, 0.717) is 0 Å². The zero-order valence-electron chi connectivity index (χ0n) is 6.64. The molecule has 13 heavy (non-hydrogen) atoms. The van der Waals surface area contributed by atoms with Gasteiger partial charge in [0.15, 0.2) is 0 Å². The fourth-order valence-corrected chi connectivity index (χ4v) is 1.01. The van der Waals surface area contributed by atoms with Gasteiger partial charge in [-0.3, -0.25) is 0 Å². The topological polar surface area (TPSA) is 9.23 Å². The first kappa shape index (κ1) is 10.1. The van der Waals surface area contributed by atoms with E-state index in [1.807, 2.05) is 0 Å². The maximum Gasteiger partial charge on any atom is 0.416 e. The van der Waals surface area contributed by atoms with Crippen LogP contribution in [-0.4, -0.2) is 0 Å². The first-order valence-electron chi connectivity index (χ1n) is 3.52. The van der Waals surface area contributed by atoms with Crippen molar-refractivity contribution in [3.63, 3.8) is 0 Å². The second-order valence-electron chi connectivity index (χ2n) is 2.47. The molecule has 70 valence electrons. The van der Waals surface area contributed by atoms with Gasteiger partial charge in [0.05, 0.1) is 12.2 Å². The Bertz CT molecular complexity index is 280. The van der Waals surface area contributed by atoms with Crippen LogP contribution in [0.25, 0.3) is 0 Å². The van der Waals surface area contributed by atoms with Crippen LogP contribution in [0.4, 0.5) is 13.2 Å². The van der Waals surface area contributed by atoms with Gasteiger partial charge in [-0.2, -0.15) is 13.2 Å². The molecular weight excluding hydrogens is 181 g/mol. The number of rotatable bonds is 2. The van der Waals surface area contributed by atoms with E-state index in [1.165, 1.54) is 18.2 Å². The predicted octanol–water partition coefficient (Wildman–Crippen LogP) is 2.89. The molecule has 1 rings (SSSR count). The van der Waals surface area contributed by atoms with Gasteiger partial charge in [-0.25, -0.2) is 0 Å². The molecule has 1 aromatic carbocycles. The van der Waals surface area contributed by atoms with Crippen LogP contribution in [0.2, 0.25) is 0 Å². The van der Waals surface area contributed by atoms with Crippen molar-refractivity contribution in [1.82, 2.24) is 0 Å². The van der Waals surface area contributed by atoms with Crippen molar-refractivity contribution in [2.75, 3.05) is 0 Å².